The summed E-state index contributed by atoms with van der Waals surface area (Å²) in [6.07, 6.45) is 17.2. The molecule has 0 aromatic rings. The molecule has 1 unspecified atom stereocenters. The first-order valence-electron chi connectivity index (χ1n) is 16.7. The van der Waals surface area contributed by atoms with E-state index in [1.807, 2.05) is 0 Å². The maximum absolute atomic E-state index is 10.2. The van der Waals surface area contributed by atoms with Gasteiger partial charge in [-0.25, -0.2) is 0 Å². The average molecular weight is 581 g/mol. The predicted molar refractivity (Wildman–Crippen MR) is 167 cm³/mol. The number of carboxylic acid groups (broad SMARTS) is 1. The van der Waals surface area contributed by atoms with Gasteiger partial charge in [0.15, 0.2) is 0 Å². The summed E-state index contributed by atoms with van der Waals surface area (Å²) < 4.78 is 0. The van der Waals surface area contributed by atoms with Crippen LogP contribution in [0, 0.1) is 46.3 Å². The first-order chi connectivity index (χ1) is 19.4. The molecule has 0 aliphatic heterocycles. The molecule has 7 nitrogen and oxygen atoms in total. The zero-order valence-electron chi connectivity index (χ0n) is 26.9. The molecule has 0 radical (unpaired) electrons. The number of aliphatic hydroxyl groups is 3. The van der Waals surface area contributed by atoms with Crippen LogP contribution in [0.25, 0.3) is 0 Å². The minimum absolute atomic E-state index is 0.0694. The molecule has 41 heavy (non-hydrogen) atoms. The van der Waals surface area contributed by atoms with Crippen LogP contribution in [0.2, 0.25) is 0 Å². The molecule has 0 aromatic carbocycles. The summed E-state index contributed by atoms with van der Waals surface area (Å²) >= 11 is 0. The Hall–Kier alpha value is -0.990. The number of carbonyl (C=O) groups is 1. The van der Waals surface area contributed by atoms with Gasteiger partial charge in [-0.2, -0.15) is 0 Å². The van der Waals surface area contributed by atoms with Gasteiger partial charge in [-0.3, -0.25) is 4.79 Å². The van der Waals surface area contributed by atoms with Crippen molar-refractivity contribution >= 4 is 5.97 Å². The maximum Gasteiger partial charge on any atom is 0.304 e. The molecule has 4 aliphatic carbocycles. The molecule has 3 saturated carbocycles. The molecule has 4 aliphatic rings. The number of nitrogens with one attached hydrogen (secondary N) is 1. The highest BCUT2D eigenvalue weighted by Crippen LogP contribution is 2.67. The number of rotatable bonds is 11. The van der Waals surface area contributed by atoms with Crippen LogP contribution in [0.1, 0.15) is 112 Å². The van der Waals surface area contributed by atoms with Gasteiger partial charge < -0.3 is 31.5 Å². The standard InChI is InChI=1S/C27H46O.C4H11NO2.C3H7NO2/c1-18(2)7-6-8-19(3)23-11-12-24-22-10-9-20-17-21(28)13-15-26(20,4)25(22)14-16-27(23,24)5;6-3-1-5-2-4-7;4-2-1-3(5)6/h9,18-19,21-25,28H,6-8,10-17H2,1-5H3;5-7H,1-4H2;1-2,4H2,(H,5,6)/t19?,21-,22-,23+,24-,25-,26-,27+;;/m0../s1. The van der Waals surface area contributed by atoms with E-state index in [0.29, 0.717) is 23.9 Å². The van der Waals surface area contributed by atoms with Gasteiger partial charge in [0.2, 0.25) is 0 Å². The van der Waals surface area contributed by atoms with Gasteiger partial charge in [0.05, 0.1) is 25.7 Å². The van der Waals surface area contributed by atoms with Crippen LogP contribution in [0.4, 0.5) is 0 Å². The lowest BCUT2D eigenvalue weighted by molar-refractivity contribution is -0.136. The van der Waals surface area contributed by atoms with Gasteiger partial charge >= 0.3 is 5.97 Å². The number of nitrogens with two attached hydrogens (primary N) is 1. The SMILES string of the molecule is CC(C)CCCC(C)[C@H]1CC[C@H]2[C@@H]3CC=C4C[C@@H](O)CC[C@]4(C)[C@H]3CC[C@]12C.NCCC(=O)O.OCCNCCO. The van der Waals surface area contributed by atoms with E-state index in [4.69, 9.17) is 21.1 Å². The van der Waals surface area contributed by atoms with Crippen molar-refractivity contribution in [3.63, 3.8) is 0 Å². The molecule has 240 valence electrons. The molecule has 4 rings (SSSR count). The van der Waals surface area contributed by atoms with Crippen LogP contribution in [0.15, 0.2) is 11.6 Å². The number of aliphatic carboxylic acids is 1. The normalized spacial score (nSPS) is 34.6. The first kappa shape index (κ1) is 36.2. The van der Waals surface area contributed by atoms with Crippen molar-refractivity contribution in [1.82, 2.24) is 5.32 Å². The Bertz CT molecular complexity index is 800. The number of fused-ring (bicyclic) bond motifs is 5. The highest BCUT2D eigenvalue weighted by molar-refractivity contribution is 5.66. The molecule has 0 amide bonds. The van der Waals surface area contributed by atoms with E-state index in [1.54, 1.807) is 5.57 Å². The van der Waals surface area contributed by atoms with Crippen LogP contribution in [-0.2, 0) is 4.79 Å². The topological polar surface area (TPSA) is 136 Å². The second-order valence-corrected chi connectivity index (χ2v) is 14.3. The largest absolute Gasteiger partial charge is 0.481 e. The van der Waals surface area contributed by atoms with Gasteiger partial charge in [0, 0.05) is 19.6 Å². The fourth-order valence-electron chi connectivity index (χ4n) is 9.07. The Labute approximate surface area is 250 Å². The second-order valence-electron chi connectivity index (χ2n) is 14.3. The Morgan fingerprint density at radius 3 is 2.27 bits per heavy atom. The molecule has 7 N–H and O–H groups in total. The number of hydrogen-bond acceptors (Lipinski definition) is 6. The van der Waals surface area contributed by atoms with E-state index in [1.165, 1.54) is 57.8 Å². The smallest absolute Gasteiger partial charge is 0.304 e. The van der Waals surface area contributed by atoms with Crippen LogP contribution in [0.3, 0.4) is 0 Å². The van der Waals surface area contributed by atoms with Crippen molar-refractivity contribution < 1.29 is 25.2 Å². The number of aliphatic hydroxyl groups excluding tert-OH is 3. The number of carboxylic acids is 1. The van der Waals surface area contributed by atoms with E-state index >= 15 is 0 Å². The Balaban J connectivity index is 0.000000379. The molecule has 0 bridgehead atoms. The van der Waals surface area contributed by atoms with E-state index < -0.39 is 5.97 Å². The first-order valence-corrected chi connectivity index (χ1v) is 16.7. The lowest BCUT2D eigenvalue weighted by atomic mass is 9.47. The van der Waals surface area contributed by atoms with E-state index in [-0.39, 0.29) is 32.3 Å². The minimum Gasteiger partial charge on any atom is -0.481 e. The van der Waals surface area contributed by atoms with Crippen LogP contribution >= 0.6 is 0 Å². The number of allylic oxidation sites excluding steroid dienone is 1. The quantitative estimate of drug-likeness (QED) is 0.143. The zero-order valence-corrected chi connectivity index (χ0v) is 26.9. The average Bonchev–Trinajstić information content (AvgIpc) is 3.27. The van der Waals surface area contributed by atoms with Crippen LogP contribution in [0.5, 0.6) is 0 Å². The highest BCUT2D eigenvalue weighted by Gasteiger charge is 2.59. The van der Waals surface area contributed by atoms with Gasteiger partial charge in [-0.15, -0.1) is 0 Å². The van der Waals surface area contributed by atoms with E-state index in [0.717, 1.165) is 48.3 Å². The molecule has 8 atom stereocenters. The molecule has 3 fully saturated rings. The van der Waals surface area contributed by atoms with E-state index in [2.05, 4.69) is 46.0 Å². The third kappa shape index (κ3) is 9.76. The Morgan fingerprint density at radius 1 is 1.02 bits per heavy atom. The highest BCUT2D eigenvalue weighted by atomic mass is 16.4. The third-order valence-corrected chi connectivity index (χ3v) is 11.2. The van der Waals surface area contributed by atoms with Crippen LogP contribution in [-0.4, -0.2) is 65.3 Å². The van der Waals surface area contributed by atoms with Gasteiger partial charge in [0.25, 0.3) is 0 Å². The summed E-state index contributed by atoms with van der Waals surface area (Å²) in [5, 5.41) is 37.1. The summed E-state index contributed by atoms with van der Waals surface area (Å²) in [6.45, 7) is 14.2. The van der Waals surface area contributed by atoms with Crippen molar-refractivity contribution in [2.75, 3.05) is 32.8 Å². The lowest BCUT2D eigenvalue weighted by Gasteiger charge is -2.58. The molecular formula is C34H64N2O5. The van der Waals surface area contributed by atoms with Gasteiger partial charge in [0.1, 0.15) is 0 Å². The fourth-order valence-corrected chi connectivity index (χ4v) is 9.07. The summed E-state index contributed by atoms with van der Waals surface area (Å²) in [4.78, 5) is 9.52. The summed E-state index contributed by atoms with van der Waals surface area (Å²) in [6, 6.07) is 0. The van der Waals surface area contributed by atoms with Crippen LogP contribution < -0.4 is 11.1 Å². The molecule has 0 heterocycles. The lowest BCUT2D eigenvalue weighted by Crippen LogP contribution is -2.50. The van der Waals surface area contributed by atoms with Gasteiger partial charge in [-0.1, -0.05) is 65.5 Å². The fraction of sp³-hybridized carbons (Fsp3) is 0.912. The van der Waals surface area contributed by atoms with Crippen molar-refractivity contribution in [1.29, 1.82) is 0 Å². The predicted octanol–water partition coefficient (Wildman–Crippen LogP) is 5.37. The van der Waals surface area contributed by atoms with E-state index in [9.17, 15) is 9.90 Å². The van der Waals surface area contributed by atoms with Crippen molar-refractivity contribution in [3.05, 3.63) is 11.6 Å². The molecule has 0 saturated heterocycles. The Kier molecular flexibility index (Phi) is 15.3. The summed E-state index contributed by atoms with van der Waals surface area (Å²) in [7, 11) is 0. The molecule has 7 heteroatoms. The maximum atomic E-state index is 10.2. The Morgan fingerprint density at radius 2 is 1.71 bits per heavy atom. The minimum atomic E-state index is -0.836. The molecule has 0 spiro atoms. The monoisotopic (exact) mass is 580 g/mol. The second kappa shape index (κ2) is 17.3. The van der Waals surface area contributed by atoms with Crippen molar-refractivity contribution in [2.45, 2.75) is 118 Å². The third-order valence-electron chi connectivity index (χ3n) is 11.2. The van der Waals surface area contributed by atoms with Crippen molar-refractivity contribution in [3.8, 4) is 0 Å². The molecule has 0 aromatic heterocycles. The van der Waals surface area contributed by atoms with Crippen molar-refractivity contribution in [2.24, 2.45) is 52.1 Å². The summed E-state index contributed by atoms with van der Waals surface area (Å²) in [5.74, 6) is 4.62. The summed E-state index contributed by atoms with van der Waals surface area (Å²) in [5.41, 5.74) is 7.45. The zero-order chi connectivity index (χ0) is 30.6. The number of hydrogen-bond donors (Lipinski definition) is 6. The molecular weight excluding hydrogens is 516 g/mol. The van der Waals surface area contributed by atoms with Gasteiger partial charge in [-0.05, 0) is 97.7 Å².